The zero-order valence-corrected chi connectivity index (χ0v) is 16.4. The summed E-state index contributed by atoms with van der Waals surface area (Å²) in [6, 6.07) is 0. The number of hydrogen-bond acceptors (Lipinski definition) is 4. The Morgan fingerprint density at radius 1 is 0.870 bits per heavy atom. The Labute approximate surface area is 144 Å². The fraction of sp³-hybridized carbons (Fsp3) is 1.00. The maximum absolute atomic E-state index is 5.86. The third-order valence-corrected chi connectivity index (χ3v) is 5.15. The van der Waals surface area contributed by atoms with Gasteiger partial charge in [0.25, 0.3) is 0 Å². The van der Waals surface area contributed by atoms with Crippen LogP contribution in [0.1, 0.15) is 48.0 Å². The second kappa shape index (κ2) is 7.81. The van der Waals surface area contributed by atoms with E-state index in [-0.39, 0.29) is 5.60 Å². The molecule has 0 bridgehead atoms. The van der Waals surface area contributed by atoms with Gasteiger partial charge in [-0.15, -0.1) is 0 Å². The fourth-order valence-corrected chi connectivity index (χ4v) is 3.71. The number of hydrogen-bond donors (Lipinski definition) is 0. The fourth-order valence-electron chi connectivity index (χ4n) is 3.71. The first-order valence-electron chi connectivity index (χ1n) is 9.47. The van der Waals surface area contributed by atoms with E-state index in [1.165, 1.54) is 52.2 Å². The predicted molar refractivity (Wildman–Crippen MR) is 98.0 cm³/mol. The van der Waals surface area contributed by atoms with E-state index < -0.39 is 0 Å². The van der Waals surface area contributed by atoms with Crippen molar-refractivity contribution in [2.45, 2.75) is 59.1 Å². The van der Waals surface area contributed by atoms with Crippen LogP contribution >= 0.6 is 0 Å². The molecule has 1 atom stereocenters. The molecule has 2 heterocycles. The van der Waals surface area contributed by atoms with Crippen molar-refractivity contribution < 1.29 is 4.74 Å². The predicted octanol–water partition coefficient (Wildman–Crippen LogP) is 2.54. The molecule has 0 aromatic carbocycles. The van der Waals surface area contributed by atoms with Crippen molar-refractivity contribution in [1.82, 2.24) is 14.7 Å². The monoisotopic (exact) mass is 325 g/mol. The molecule has 0 unspecified atom stereocenters. The average Bonchev–Trinajstić information content (AvgIpc) is 2.84. The summed E-state index contributed by atoms with van der Waals surface area (Å²) in [5.41, 5.74) is 0.315. The van der Waals surface area contributed by atoms with Crippen molar-refractivity contribution >= 4 is 0 Å². The van der Waals surface area contributed by atoms with Crippen LogP contribution in [-0.2, 0) is 4.74 Å². The van der Waals surface area contributed by atoms with Crippen LogP contribution in [0.15, 0.2) is 0 Å². The summed E-state index contributed by atoms with van der Waals surface area (Å²) in [4.78, 5) is 7.89. The number of piperazine rings is 1. The molecule has 0 aromatic heterocycles. The van der Waals surface area contributed by atoms with E-state index >= 15 is 0 Å². The highest BCUT2D eigenvalue weighted by molar-refractivity contribution is 4.84. The van der Waals surface area contributed by atoms with E-state index in [2.05, 4.69) is 56.2 Å². The minimum Gasteiger partial charge on any atom is -0.375 e. The molecule has 136 valence electrons. The Balaban J connectivity index is 1.63. The van der Waals surface area contributed by atoms with Crippen LogP contribution in [0.3, 0.4) is 0 Å². The van der Waals surface area contributed by atoms with Gasteiger partial charge in [-0.05, 0) is 60.4 Å². The van der Waals surface area contributed by atoms with Gasteiger partial charge in [-0.2, -0.15) is 0 Å². The molecule has 0 spiro atoms. The van der Waals surface area contributed by atoms with Gasteiger partial charge in [0.05, 0.1) is 12.2 Å². The summed E-state index contributed by atoms with van der Waals surface area (Å²) in [7, 11) is 0. The number of nitrogens with zero attached hydrogens (tertiary/aromatic N) is 3. The normalized spacial score (nSPS) is 26.1. The maximum atomic E-state index is 5.86. The molecule has 0 amide bonds. The summed E-state index contributed by atoms with van der Waals surface area (Å²) in [6.07, 6.45) is 1.36. The molecule has 2 aliphatic rings. The zero-order chi connectivity index (χ0) is 17.1. The van der Waals surface area contributed by atoms with Gasteiger partial charge in [-0.3, -0.25) is 4.90 Å². The summed E-state index contributed by atoms with van der Waals surface area (Å²) < 4.78 is 5.86. The summed E-state index contributed by atoms with van der Waals surface area (Å²) in [6.45, 7) is 24.1. The van der Waals surface area contributed by atoms with Gasteiger partial charge in [0.1, 0.15) is 0 Å². The zero-order valence-electron chi connectivity index (χ0n) is 16.4. The van der Waals surface area contributed by atoms with Crippen molar-refractivity contribution in [1.29, 1.82) is 0 Å². The summed E-state index contributed by atoms with van der Waals surface area (Å²) in [5, 5.41) is 0. The Bertz CT molecular complexity index is 351. The highest BCUT2D eigenvalue weighted by Crippen LogP contribution is 2.20. The molecular weight excluding hydrogens is 286 g/mol. The van der Waals surface area contributed by atoms with Gasteiger partial charge >= 0.3 is 0 Å². The highest BCUT2D eigenvalue weighted by Gasteiger charge is 2.29. The molecule has 0 aliphatic carbocycles. The Kier molecular flexibility index (Phi) is 6.51. The van der Waals surface area contributed by atoms with E-state index in [0.29, 0.717) is 5.54 Å². The second-order valence-corrected chi connectivity index (χ2v) is 9.37. The third-order valence-electron chi connectivity index (χ3n) is 5.15. The lowest BCUT2D eigenvalue weighted by molar-refractivity contribution is -0.0114. The number of likely N-dealkylation sites (tertiary alicyclic amines) is 1. The van der Waals surface area contributed by atoms with Crippen LogP contribution in [-0.4, -0.2) is 84.8 Å². The van der Waals surface area contributed by atoms with Gasteiger partial charge in [0, 0.05) is 51.4 Å². The Hall–Kier alpha value is -0.160. The average molecular weight is 326 g/mol. The largest absolute Gasteiger partial charge is 0.375 e. The summed E-state index contributed by atoms with van der Waals surface area (Å²) in [5.74, 6) is 0.853. The van der Waals surface area contributed by atoms with Crippen molar-refractivity contribution in [3.8, 4) is 0 Å². The minimum atomic E-state index is -0.00808. The van der Waals surface area contributed by atoms with Gasteiger partial charge in [-0.1, -0.05) is 0 Å². The standard InChI is InChI=1S/C19H39N3O/c1-18(2,3)22-11-9-21(10-12-22)16-17-7-8-20(15-17)13-14-23-19(4,5)6/h17H,7-16H2,1-6H3/t17-/m0/s1. The van der Waals surface area contributed by atoms with Crippen LogP contribution in [0.5, 0.6) is 0 Å². The van der Waals surface area contributed by atoms with E-state index in [9.17, 15) is 0 Å². The molecule has 2 saturated heterocycles. The summed E-state index contributed by atoms with van der Waals surface area (Å²) >= 11 is 0. The van der Waals surface area contributed by atoms with Crippen molar-refractivity contribution in [3.63, 3.8) is 0 Å². The molecule has 23 heavy (non-hydrogen) atoms. The maximum Gasteiger partial charge on any atom is 0.0600 e. The molecule has 4 nitrogen and oxygen atoms in total. The minimum absolute atomic E-state index is 0.00808. The van der Waals surface area contributed by atoms with Crippen LogP contribution in [0.2, 0.25) is 0 Å². The van der Waals surface area contributed by atoms with Crippen LogP contribution in [0.25, 0.3) is 0 Å². The van der Waals surface area contributed by atoms with E-state index in [1.807, 2.05) is 0 Å². The molecule has 0 aromatic rings. The smallest absolute Gasteiger partial charge is 0.0600 e. The molecule has 2 rings (SSSR count). The van der Waals surface area contributed by atoms with Gasteiger partial charge in [0.2, 0.25) is 0 Å². The lowest BCUT2D eigenvalue weighted by Gasteiger charge is -2.42. The van der Waals surface area contributed by atoms with E-state index in [4.69, 9.17) is 4.74 Å². The lowest BCUT2D eigenvalue weighted by Crippen LogP contribution is -2.54. The van der Waals surface area contributed by atoms with Gasteiger partial charge < -0.3 is 14.5 Å². The van der Waals surface area contributed by atoms with Crippen molar-refractivity contribution in [3.05, 3.63) is 0 Å². The first-order valence-corrected chi connectivity index (χ1v) is 9.47. The quantitative estimate of drug-likeness (QED) is 0.773. The molecule has 0 N–H and O–H groups in total. The van der Waals surface area contributed by atoms with Gasteiger partial charge in [-0.25, -0.2) is 0 Å². The molecule has 0 radical (unpaired) electrons. The first-order chi connectivity index (χ1) is 10.6. The van der Waals surface area contributed by atoms with Gasteiger partial charge in [0.15, 0.2) is 0 Å². The molecule has 2 fully saturated rings. The van der Waals surface area contributed by atoms with Crippen LogP contribution in [0, 0.1) is 5.92 Å². The number of ether oxygens (including phenoxy) is 1. The number of rotatable bonds is 5. The Morgan fingerprint density at radius 2 is 1.52 bits per heavy atom. The molecule has 0 saturated carbocycles. The second-order valence-electron chi connectivity index (χ2n) is 9.37. The SMILES string of the molecule is CC(C)(C)OCCN1CC[C@H](CN2CCN(C(C)(C)C)CC2)C1. The van der Waals surface area contributed by atoms with E-state index in [0.717, 1.165) is 19.1 Å². The topological polar surface area (TPSA) is 19.0 Å². The Morgan fingerprint density at radius 3 is 2.09 bits per heavy atom. The van der Waals surface area contributed by atoms with E-state index in [1.54, 1.807) is 0 Å². The lowest BCUT2D eigenvalue weighted by atomic mass is 10.0. The molecule has 2 aliphatic heterocycles. The van der Waals surface area contributed by atoms with Crippen LogP contribution in [0.4, 0.5) is 0 Å². The highest BCUT2D eigenvalue weighted by atomic mass is 16.5. The third kappa shape index (κ3) is 6.69. The first kappa shape index (κ1) is 19.2. The molecule has 4 heteroatoms. The van der Waals surface area contributed by atoms with Crippen LogP contribution < -0.4 is 0 Å². The molecular formula is C19H39N3O. The van der Waals surface area contributed by atoms with Crippen molar-refractivity contribution in [2.75, 3.05) is 59.0 Å². The van der Waals surface area contributed by atoms with Crippen molar-refractivity contribution in [2.24, 2.45) is 5.92 Å².